The highest BCUT2D eigenvalue weighted by atomic mass is 19.1. The Morgan fingerprint density at radius 3 is 2.62 bits per heavy atom. The zero-order valence-corrected chi connectivity index (χ0v) is 15.7. The molecule has 1 aliphatic carbocycles. The van der Waals surface area contributed by atoms with Gasteiger partial charge in [-0.25, -0.2) is 14.1 Å². The Morgan fingerprint density at radius 1 is 1.27 bits per heavy atom. The van der Waals surface area contributed by atoms with Crippen LogP contribution in [-0.4, -0.2) is 17.3 Å². The van der Waals surface area contributed by atoms with Crippen LogP contribution in [0.15, 0.2) is 12.1 Å². The number of hydrogen-bond acceptors (Lipinski definition) is 4. The van der Waals surface area contributed by atoms with Crippen molar-refractivity contribution in [2.45, 2.75) is 77.4 Å². The van der Waals surface area contributed by atoms with E-state index in [9.17, 15) is 10.1 Å². The van der Waals surface area contributed by atoms with Gasteiger partial charge in [0.15, 0.2) is 0 Å². The van der Waals surface area contributed by atoms with E-state index in [4.69, 9.17) is 9.62 Å². The summed E-state index contributed by atoms with van der Waals surface area (Å²) in [6, 6.07) is 3.45. The third-order valence-electron chi connectivity index (χ3n) is 6.08. The molecule has 2 unspecified atom stereocenters. The molecule has 0 radical (unpaired) electrons. The predicted molar refractivity (Wildman–Crippen MR) is 96.4 cm³/mol. The lowest BCUT2D eigenvalue weighted by Gasteiger charge is -2.33. The summed E-state index contributed by atoms with van der Waals surface area (Å²) in [7, 11) is 0. The minimum absolute atomic E-state index is 0.00826. The first-order chi connectivity index (χ1) is 12.6. The van der Waals surface area contributed by atoms with E-state index in [1.165, 1.54) is 12.8 Å². The second kappa shape index (κ2) is 8.49. The lowest BCUT2D eigenvalue weighted by atomic mass is 9.76. The fourth-order valence-electron chi connectivity index (χ4n) is 4.55. The van der Waals surface area contributed by atoms with Gasteiger partial charge in [0.05, 0.1) is 5.56 Å². The van der Waals surface area contributed by atoms with Crippen LogP contribution in [-0.2, 0) is 16.0 Å². The topological polar surface area (TPSA) is 55.8 Å². The highest BCUT2D eigenvalue weighted by Crippen LogP contribution is 2.41. The SMILES string of the molecule is CCCC1CCC(C(OO)c2ccc3c(c2F)C(=O)OC(CC)C3)CC1. The number of halogens is 1. The first kappa shape index (κ1) is 19.3. The zero-order chi connectivity index (χ0) is 18.7. The number of hydrogen-bond donors (Lipinski definition) is 1. The van der Waals surface area contributed by atoms with Gasteiger partial charge in [-0.3, -0.25) is 5.26 Å². The van der Waals surface area contributed by atoms with E-state index < -0.39 is 17.9 Å². The summed E-state index contributed by atoms with van der Waals surface area (Å²) < 4.78 is 20.4. The Hall–Kier alpha value is -1.46. The molecule has 144 valence electrons. The summed E-state index contributed by atoms with van der Waals surface area (Å²) in [5.41, 5.74) is 0.948. The van der Waals surface area contributed by atoms with E-state index >= 15 is 4.39 Å². The van der Waals surface area contributed by atoms with Gasteiger partial charge in [0, 0.05) is 12.0 Å². The van der Waals surface area contributed by atoms with E-state index in [0.717, 1.165) is 25.7 Å². The molecule has 3 rings (SSSR count). The van der Waals surface area contributed by atoms with Gasteiger partial charge in [-0.1, -0.05) is 51.7 Å². The second-order valence-electron chi connectivity index (χ2n) is 7.74. The van der Waals surface area contributed by atoms with Gasteiger partial charge in [-0.05, 0) is 36.7 Å². The number of cyclic esters (lactones) is 1. The van der Waals surface area contributed by atoms with Crippen molar-refractivity contribution in [2.24, 2.45) is 11.8 Å². The minimum Gasteiger partial charge on any atom is -0.458 e. The van der Waals surface area contributed by atoms with Crippen LogP contribution in [0.1, 0.15) is 86.4 Å². The fraction of sp³-hybridized carbons (Fsp3) is 0.667. The summed E-state index contributed by atoms with van der Waals surface area (Å²) in [6.07, 6.45) is 6.64. The van der Waals surface area contributed by atoms with Crippen molar-refractivity contribution in [3.63, 3.8) is 0 Å². The normalized spacial score (nSPS) is 26.9. The number of fused-ring (bicyclic) bond motifs is 1. The maximum Gasteiger partial charge on any atom is 0.341 e. The molecule has 1 fully saturated rings. The number of carbonyl (C=O) groups is 1. The van der Waals surface area contributed by atoms with Gasteiger partial charge in [-0.15, -0.1) is 0 Å². The maximum atomic E-state index is 15.1. The maximum absolute atomic E-state index is 15.1. The predicted octanol–water partition coefficient (Wildman–Crippen LogP) is 5.45. The molecule has 1 saturated carbocycles. The van der Waals surface area contributed by atoms with Crippen LogP contribution in [0.25, 0.3) is 0 Å². The third-order valence-corrected chi connectivity index (χ3v) is 6.08. The number of esters is 1. The quantitative estimate of drug-likeness (QED) is 0.414. The molecule has 26 heavy (non-hydrogen) atoms. The average Bonchev–Trinajstić information content (AvgIpc) is 2.65. The Morgan fingerprint density at radius 2 is 2.00 bits per heavy atom. The Kier molecular flexibility index (Phi) is 6.30. The molecule has 1 aliphatic heterocycles. The number of benzene rings is 1. The summed E-state index contributed by atoms with van der Waals surface area (Å²) >= 11 is 0. The van der Waals surface area contributed by atoms with Crippen molar-refractivity contribution in [1.29, 1.82) is 0 Å². The number of rotatable bonds is 6. The van der Waals surface area contributed by atoms with Crippen LogP contribution in [0, 0.1) is 17.7 Å². The highest BCUT2D eigenvalue weighted by Gasteiger charge is 2.35. The van der Waals surface area contributed by atoms with Crippen molar-refractivity contribution in [3.8, 4) is 0 Å². The van der Waals surface area contributed by atoms with Crippen LogP contribution >= 0.6 is 0 Å². The van der Waals surface area contributed by atoms with Crippen molar-refractivity contribution in [1.82, 2.24) is 0 Å². The average molecular weight is 364 g/mol. The molecule has 4 nitrogen and oxygen atoms in total. The van der Waals surface area contributed by atoms with Crippen LogP contribution in [0.4, 0.5) is 4.39 Å². The molecule has 0 aromatic heterocycles. The van der Waals surface area contributed by atoms with Crippen molar-refractivity contribution in [2.75, 3.05) is 0 Å². The molecule has 0 saturated heterocycles. The standard InChI is InChI=1S/C21H29FO4/c1-3-5-13-6-8-14(9-7-13)20(26-24)17-11-10-15-12-16(4-2)25-21(23)18(15)19(17)22/h10-11,13-14,16,20,24H,3-9,12H2,1-2H3. The molecule has 2 aliphatic rings. The smallest absolute Gasteiger partial charge is 0.341 e. The summed E-state index contributed by atoms with van der Waals surface area (Å²) in [4.78, 5) is 17.0. The minimum atomic E-state index is -0.737. The van der Waals surface area contributed by atoms with Crippen LogP contribution in [0.5, 0.6) is 0 Å². The Balaban J connectivity index is 1.82. The molecule has 2 atom stereocenters. The second-order valence-corrected chi connectivity index (χ2v) is 7.74. The van der Waals surface area contributed by atoms with Crippen molar-refractivity contribution < 1.29 is 24.1 Å². The van der Waals surface area contributed by atoms with Gasteiger partial charge in [0.1, 0.15) is 18.0 Å². The van der Waals surface area contributed by atoms with Crippen LogP contribution in [0.3, 0.4) is 0 Å². The first-order valence-electron chi connectivity index (χ1n) is 9.91. The lowest BCUT2D eigenvalue weighted by Crippen LogP contribution is -2.29. The first-order valence-corrected chi connectivity index (χ1v) is 9.91. The van der Waals surface area contributed by atoms with Gasteiger partial charge < -0.3 is 4.74 Å². The molecule has 1 heterocycles. The summed E-state index contributed by atoms with van der Waals surface area (Å²) in [6.45, 7) is 4.13. The van der Waals surface area contributed by atoms with E-state index in [-0.39, 0.29) is 23.1 Å². The monoisotopic (exact) mass is 364 g/mol. The van der Waals surface area contributed by atoms with E-state index in [2.05, 4.69) is 6.92 Å². The largest absolute Gasteiger partial charge is 0.458 e. The van der Waals surface area contributed by atoms with E-state index in [0.29, 0.717) is 24.3 Å². The number of ether oxygens (including phenoxy) is 1. The summed E-state index contributed by atoms with van der Waals surface area (Å²) in [5, 5.41) is 9.49. The van der Waals surface area contributed by atoms with Crippen LogP contribution < -0.4 is 0 Å². The molecule has 0 bridgehead atoms. The van der Waals surface area contributed by atoms with Crippen LogP contribution in [0.2, 0.25) is 0 Å². The summed E-state index contributed by atoms with van der Waals surface area (Å²) in [5.74, 6) is -0.439. The Labute approximate surface area is 154 Å². The molecular weight excluding hydrogens is 335 g/mol. The van der Waals surface area contributed by atoms with E-state index in [1.54, 1.807) is 12.1 Å². The third kappa shape index (κ3) is 3.79. The zero-order valence-electron chi connectivity index (χ0n) is 15.7. The Bertz CT molecular complexity index is 637. The molecule has 0 spiro atoms. The van der Waals surface area contributed by atoms with Gasteiger partial charge >= 0.3 is 5.97 Å². The van der Waals surface area contributed by atoms with E-state index in [1.807, 2.05) is 6.92 Å². The molecule has 5 heteroatoms. The number of carbonyl (C=O) groups excluding carboxylic acids is 1. The van der Waals surface area contributed by atoms with Gasteiger partial charge in [0.25, 0.3) is 0 Å². The van der Waals surface area contributed by atoms with Gasteiger partial charge in [-0.2, -0.15) is 0 Å². The molecule has 1 aromatic carbocycles. The lowest BCUT2D eigenvalue weighted by molar-refractivity contribution is -0.296. The van der Waals surface area contributed by atoms with Crippen molar-refractivity contribution >= 4 is 5.97 Å². The van der Waals surface area contributed by atoms with Crippen molar-refractivity contribution in [3.05, 3.63) is 34.6 Å². The molecular formula is C21H29FO4. The molecule has 0 amide bonds. The highest BCUT2D eigenvalue weighted by molar-refractivity contribution is 5.92. The van der Waals surface area contributed by atoms with Gasteiger partial charge in [0.2, 0.25) is 0 Å². The molecule has 1 N–H and O–H groups in total. The molecule has 1 aromatic rings. The fourth-order valence-corrected chi connectivity index (χ4v) is 4.55.